The molecule has 3 aliphatic heterocycles. The molecule has 3 aliphatic rings. The summed E-state index contributed by atoms with van der Waals surface area (Å²) in [5.74, 6) is -0.345. The molecule has 3 saturated heterocycles. The average Bonchev–Trinajstić information content (AvgIpc) is 3.70. The lowest BCUT2D eigenvalue weighted by Crippen LogP contribution is -2.41. The highest BCUT2D eigenvalue weighted by Gasteiger charge is 2.57. The number of ether oxygens (including phenoxy) is 3. The van der Waals surface area contributed by atoms with E-state index in [0.29, 0.717) is 5.56 Å². The molecule has 4 aromatic rings. The van der Waals surface area contributed by atoms with Crippen molar-refractivity contribution in [1.82, 2.24) is 28.7 Å². The van der Waals surface area contributed by atoms with Crippen molar-refractivity contribution in [2.75, 3.05) is 30.9 Å². The number of carbonyl (C=O) groups is 1. The van der Waals surface area contributed by atoms with Crippen LogP contribution < -0.4 is 33.7 Å². The quantitative estimate of drug-likeness (QED) is 0.0969. The first-order chi connectivity index (χ1) is 29.1. The standard InChI is InChI=1S/C16H15Cl2N3O5.C9H11Cl2N3O4.C9H10Cl2N2O5/c17-16(18)12(23)10(8-22)26-14(16)21-7-6-11(20-15(21)25)19-13(24)9-4-2-1-3-5-9;10-9(11)6(16)4(3-15)18-7(9)14-2-1-5(12)13-8(14)17;10-9(11)6(16)4(3-14)18-7(9)13-2-1-5(15)12-8(13)17/h1-7,10,12,14,22-23H,8H2,(H,19,20,24,25);1-2,4,6-7,15-16H,3H2,(H2,12,13,17);1-2,4,6-7,14,16H,3H2,(H,12,15,17)/t10-,12-,14-;2*4-,6-,7-/m111/s1. The molecule has 22 nitrogen and oxygen atoms in total. The molecule has 0 aliphatic carbocycles. The van der Waals surface area contributed by atoms with E-state index in [2.05, 4.69) is 15.3 Å². The number of alkyl halides is 6. The number of nitrogen functional groups attached to an aromatic ring is 1. The number of aliphatic hydroxyl groups is 6. The molecule has 338 valence electrons. The van der Waals surface area contributed by atoms with Crippen LogP contribution in [0.25, 0.3) is 0 Å². The van der Waals surface area contributed by atoms with Crippen LogP contribution in [0.1, 0.15) is 29.0 Å². The number of H-pyrrole nitrogens is 1. The first-order valence-corrected chi connectivity index (χ1v) is 19.9. The van der Waals surface area contributed by atoms with Crippen LogP contribution in [0.15, 0.2) is 86.3 Å². The van der Waals surface area contributed by atoms with Crippen molar-refractivity contribution in [3.8, 4) is 0 Å². The average molecular weight is 993 g/mol. The van der Waals surface area contributed by atoms with Crippen LogP contribution in [-0.2, 0) is 14.2 Å². The van der Waals surface area contributed by atoms with Gasteiger partial charge in [-0.05, 0) is 24.3 Å². The molecule has 9 atom stereocenters. The summed E-state index contributed by atoms with van der Waals surface area (Å²) < 4.78 is 13.4. The number of aliphatic hydroxyl groups excluding tert-OH is 6. The van der Waals surface area contributed by atoms with Gasteiger partial charge in [0.05, 0.1) is 19.8 Å². The van der Waals surface area contributed by atoms with Gasteiger partial charge in [-0.3, -0.25) is 28.3 Å². The third-order valence-corrected chi connectivity index (χ3v) is 11.7. The highest BCUT2D eigenvalue weighted by molar-refractivity contribution is 6.50. The highest BCUT2D eigenvalue weighted by atomic mass is 35.5. The normalized spacial score (nSPS) is 28.0. The summed E-state index contributed by atoms with van der Waals surface area (Å²) in [6.45, 7) is -1.50. The Kier molecular flexibility index (Phi) is 15.9. The monoisotopic (exact) mass is 990 g/mol. The summed E-state index contributed by atoms with van der Waals surface area (Å²) in [6.07, 6.45) is -7.01. The number of nitrogens with one attached hydrogen (secondary N) is 2. The Hall–Kier alpha value is -3.69. The van der Waals surface area contributed by atoms with Crippen LogP contribution in [0.2, 0.25) is 0 Å². The number of nitrogens with two attached hydrogens (primary N) is 1. The van der Waals surface area contributed by atoms with Gasteiger partial charge >= 0.3 is 17.1 Å². The number of hydrogen-bond donors (Lipinski definition) is 9. The van der Waals surface area contributed by atoms with E-state index in [0.717, 1.165) is 26.0 Å². The van der Waals surface area contributed by atoms with Crippen LogP contribution in [0.4, 0.5) is 11.6 Å². The van der Waals surface area contributed by atoms with Gasteiger partial charge in [0, 0.05) is 30.2 Å². The molecular formula is C34H36Cl6N8O14. The second kappa shape index (κ2) is 20.0. The van der Waals surface area contributed by atoms with Crippen LogP contribution in [0.3, 0.4) is 0 Å². The molecule has 0 saturated carbocycles. The van der Waals surface area contributed by atoms with E-state index in [4.69, 9.17) is 99.8 Å². The first-order valence-electron chi connectivity index (χ1n) is 17.7. The SMILES string of the molecule is Nc1ccn([C@@H]2O[C@H](CO)[C@@H](O)C2(Cl)Cl)c(=O)n1.O=C(Nc1ccn([C@@H]2O[C@H](CO)[C@@H](O)C2(Cl)Cl)c(=O)n1)c1ccccc1.O=c1ccn([C@@H]2O[C@H](CO)[C@@H](O)C2(Cl)Cl)c(=O)[nH]1. The zero-order chi connectivity index (χ0) is 45.9. The predicted octanol–water partition coefficient (Wildman–Crippen LogP) is -0.869. The lowest BCUT2D eigenvalue weighted by atomic mass is 10.2. The number of rotatable bonds is 8. The van der Waals surface area contributed by atoms with Gasteiger partial charge in [-0.1, -0.05) is 87.8 Å². The Morgan fingerprint density at radius 3 is 1.48 bits per heavy atom. The van der Waals surface area contributed by atoms with Gasteiger partial charge in [-0.15, -0.1) is 0 Å². The lowest BCUT2D eigenvalue weighted by molar-refractivity contribution is -0.0462. The first kappa shape index (κ1) is 49.3. The van der Waals surface area contributed by atoms with E-state index in [1.807, 2.05) is 4.98 Å². The molecule has 62 heavy (non-hydrogen) atoms. The second-order valence-electron chi connectivity index (χ2n) is 13.4. The van der Waals surface area contributed by atoms with Crippen molar-refractivity contribution >= 4 is 87.1 Å². The summed E-state index contributed by atoms with van der Waals surface area (Å²) >= 11 is 36.0. The smallest absolute Gasteiger partial charge is 0.351 e. The lowest BCUT2D eigenvalue weighted by Gasteiger charge is -2.24. The minimum Gasteiger partial charge on any atom is -0.394 e. The van der Waals surface area contributed by atoms with Crippen LogP contribution >= 0.6 is 69.6 Å². The third kappa shape index (κ3) is 10.3. The van der Waals surface area contributed by atoms with Crippen LogP contribution in [0, 0.1) is 0 Å². The Balaban J connectivity index is 0.000000181. The predicted molar refractivity (Wildman–Crippen MR) is 221 cm³/mol. The van der Waals surface area contributed by atoms with Crippen molar-refractivity contribution in [2.45, 2.75) is 68.3 Å². The maximum atomic E-state index is 12.3. The molecule has 3 fully saturated rings. The van der Waals surface area contributed by atoms with Crippen molar-refractivity contribution in [3.05, 3.63) is 114 Å². The van der Waals surface area contributed by atoms with Crippen LogP contribution in [0.5, 0.6) is 0 Å². The Morgan fingerprint density at radius 2 is 1.08 bits per heavy atom. The summed E-state index contributed by atoms with van der Waals surface area (Å²) in [7, 11) is 0. The summed E-state index contributed by atoms with van der Waals surface area (Å²) in [4.78, 5) is 67.8. The Bertz CT molecular complexity index is 2440. The Morgan fingerprint density at radius 1 is 0.661 bits per heavy atom. The maximum Gasteiger partial charge on any atom is 0.351 e. The molecule has 3 aromatic heterocycles. The number of amides is 1. The molecule has 28 heteroatoms. The van der Waals surface area contributed by atoms with E-state index >= 15 is 0 Å². The van der Waals surface area contributed by atoms with Crippen LogP contribution in [-0.4, -0.2) is 135 Å². The molecule has 7 rings (SSSR count). The summed E-state index contributed by atoms with van der Waals surface area (Å²) in [6, 6.07) is 12.3. The number of aromatic amines is 1. The molecule has 0 unspecified atom stereocenters. The van der Waals surface area contributed by atoms with Gasteiger partial charge in [0.25, 0.3) is 11.5 Å². The van der Waals surface area contributed by atoms with Gasteiger partial charge in [0.2, 0.25) is 0 Å². The van der Waals surface area contributed by atoms with Gasteiger partial charge in [-0.2, -0.15) is 9.97 Å². The van der Waals surface area contributed by atoms with Crippen molar-refractivity contribution in [3.63, 3.8) is 0 Å². The second-order valence-corrected chi connectivity index (χ2v) is 17.7. The third-order valence-electron chi connectivity index (χ3n) is 9.25. The zero-order valence-electron chi connectivity index (χ0n) is 31.2. The number of hydrogen-bond acceptors (Lipinski definition) is 17. The zero-order valence-corrected chi connectivity index (χ0v) is 35.7. The molecule has 1 amide bonds. The summed E-state index contributed by atoms with van der Waals surface area (Å²) in [5.41, 5.74) is 2.90. The molecule has 1 aromatic carbocycles. The van der Waals surface area contributed by atoms with E-state index in [-0.39, 0.29) is 11.6 Å². The number of carbonyl (C=O) groups excluding carboxylic acids is 1. The highest BCUT2D eigenvalue weighted by Crippen LogP contribution is 2.48. The topological polar surface area (TPSA) is 329 Å². The van der Waals surface area contributed by atoms with Gasteiger partial charge in [-0.25, -0.2) is 14.4 Å². The van der Waals surface area contributed by atoms with E-state index in [9.17, 15) is 44.4 Å². The minimum atomic E-state index is -1.85. The summed E-state index contributed by atoms with van der Waals surface area (Å²) in [5, 5.41) is 59.3. The Labute approximate surface area is 377 Å². The number of anilines is 2. The van der Waals surface area contributed by atoms with Gasteiger partial charge < -0.3 is 55.9 Å². The van der Waals surface area contributed by atoms with E-state index in [1.165, 1.54) is 24.5 Å². The largest absolute Gasteiger partial charge is 0.394 e. The van der Waals surface area contributed by atoms with Gasteiger partial charge in [0.1, 0.15) is 48.3 Å². The van der Waals surface area contributed by atoms with Gasteiger partial charge in [0.15, 0.2) is 31.7 Å². The molecule has 0 bridgehead atoms. The number of aromatic nitrogens is 6. The minimum absolute atomic E-state index is 0.0344. The van der Waals surface area contributed by atoms with Crippen molar-refractivity contribution < 1.29 is 49.6 Å². The number of benzene rings is 1. The fraction of sp³-hybridized carbons (Fsp3) is 0.441. The van der Waals surface area contributed by atoms with E-state index in [1.54, 1.807) is 30.3 Å². The fourth-order valence-electron chi connectivity index (χ4n) is 6.01. The maximum absolute atomic E-state index is 12.3. The molecule has 6 heterocycles. The van der Waals surface area contributed by atoms with Crippen molar-refractivity contribution in [2.24, 2.45) is 0 Å². The number of halogens is 6. The molecule has 0 radical (unpaired) electrons. The molecule has 0 spiro atoms. The van der Waals surface area contributed by atoms with E-state index < -0.39 is 117 Å². The number of nitrogens with zero attached hydrogens (tertiary/aromatic N) is 5. The fourth-order valence-corrected chi connectivity index (χ4v) is 7.79. The molecular weight excluding hydrogens is 957 g/mol. The van der Waals surface area contributed by atoms with Crippen molar-refractivity contribution in [1.29, 1.82) is 0 Å². The molecule has 10 N–H and O–H groups in total.